The van der Waals surface area contributed by atoms with Crippen molar-refractivity contribution in [1.29, 1.82) is 0 Å². The first-order chi connectivity index (χ1) is 9.29. The topological polar surface area (TPSA) is 46.5 Å². The van der Waals surface area contributed by atoms with Gasteiger partial charge in [0, 0.05) is 17.7 Å². The smallest absolute Gasteiger partial charge is 0.197 e. The van der Waals surface area contributed by atoms with Crippen molar-refractivity contribution in [1.82, 2.24) is 0 Å². The third-order valence-corrected chi connectivity index (χ3v) is 3.33. The monoisotopic (exact) mass is 254 g/mol. The molecule has 0 bridgehead atoms. The van der Waals surface area contributed by atoms with Crippen molar-refractivity contribution >= 4 is 5.78 Å². The van der Waals surface area contributed by atoms with Crippen LogP contribution in [0.3, 0.4) is 0 Å². The maximum atomic E-state index is 12.5. The maximum absolute atomic E-state index is 12.5. The molecule has 19 heavy (non-hydrogen) atoms. The molecule has 1 aliphatic heterocycles. The van der Waals surface area contributed by atoms with Gasteiger partial charge in [0.15, 0.2) is 5.78 Å². The number of ketones is 1. The number of hydrogen-bond acceptors (Lipinski definition) is 3. The first-order valence-corrected chi connectivity index (χ1v) is 6.29. The minimum Gasteiger partial charge on any atom is -0.488 e. The molecular weight excluding hydrogens is 240 g/mol. The second-order valence-corrected chi connectivity index (χ2v) is 4.58. The molecule has 0 amide bonds. The zero-order chi connectivity index (χ0) is 13.2. The Morgan fingerprint density at radius 3 is 2.79 bits per heavy atom. The van der Waals surface area contributed by atoms with Crippen LogP contribution in [0.1, 0.15) is 27.0 Å². The number of aliphatic hydroxyl groups is 1. The summed E-state index contributed by atoms with van der Waals surface area (Å²) in [4.78, 5) is 12.5. The molecule has 3 heteroatoms. The first-order valence-electron chi connectivity index (χ1n) is 6.29. The lowest BCUT2D eigenvalue weighted by molar-refractivity contribution is 0.103. The molecule has 0 atom stereocenters. The van der Waals surface area contributed by atoms with Crippen LogP contribution in [0.25, 0.3) is 0 Å². The molecule has 0 fully saturated rings. The van der Waals surface area contributed by atoms with Crippen molar-refractivity contribution in [2.45, 2.75) is 13.0 Å². The molecule has 3 rings (SSSR count). The summed E-state index contributed by atoms with van der Waals surface area (Å²) in [5.74, 6) is 0.603. The molecule has 3 nitrogen and oxygen atoms in total. The fourth-order valence-corrected chi connectivity index (χ4v) is 2.33. The molecule has 0 radical (unpaired) electrons. The molecule has 0 aliphatic carbocycles. The summed E-state index contributed by atoms with van der Waals surface area (Å²) in [5.41, 5.74) is 3.13. The van der Waals surface area contributed by atoms with E-state index in [0.29, 0.717) is 29.9 Å². The van der Waals surface area contributed by atoms with Gasteiger partial charge < -0.3 is 9.84 Å². The predicted octanol–water partition coefficient (Wildman–Crippen LogP) is 2.34. The molecule has 0 saturated heterocycles. The van der Waals surface area contributed by atoms with Crippen LogP contribution in [0.15, 0.2) is 42.5 Å². The van der Waals surface area contributed by atoms with Crippen LogP contribution in [-0.2, 0) is 13.0 Å². The Bertz CT molecular complexity index is 632. The summed E-state index contributed by atoms with van der Waals surface area (Å²) < 4.78 is 5.70. The lowest BCUT2D eigenvalue weighted by Crippen LogP contribution is -2.03. The van der Waals surface area contributed by atoms with Crippen molar-refractivity contribution < 1.29 is 14.6 Å². The third kappa shape index (κ3) is 2.13. The Hall–Kier alpha value is -2.13. The lowest BCUT2D eigenvalue weighted by atomic mass is 9.97. The third-order valence-electron chi connectivity index (χ3n) is 3.33. The largest absolute Gasteiger partial charge is 0.488 e. The maximum Gasteiger partial charge on any atom is 0.197 e. The van der Waals surface area contributed by atoms with Crippen LogP contribution in [0.5, 0.6) is 5.75 Å². The average molecular weight is 254 g/mol. The van der Waals surface area contributed by atoms with Gasteiger partial charge in [0.2, 0.25) is 0 Å². The fraction of sp³-hybridized carbons (Fsp3) is 0.188. The molecule has 1 heterocycles. The number of ether oxygens (including phenoxy) is 1. The highest BCUT2D eigenvalue weighted by Crippen LogP contribution is 2.29. The van der Waals surface area contributed by atoms with Gasteiger partial charge in [0.05, 0.1) is 5.56 Å². The fourth-order valence-electron chi connectivity index (χ4n) is 2.33. The molecular formula is C16H14O3. The second-order valence-electron chi connectivity index (χ2n) is 4.58. The van der Waals surface area contributed by atoms with Gasteiger partial charge in [-0.2, -0.15) is 0 Å². The van der Waals surface area contributed by atoms with E-state index in [2.05, 4.69) is 0 Å². The Morgan fingerprint density at radius 1 is 1.11 bits per heavy atom. The number of rotatable bonds is 2. The van der Waals surface area contributed by atoms with Crippen LogP contribution in [0.4, 0.5) is 0 Å². The molecule has 1 aliphatic rings. The zero-order valence-corrected chi connectivity index (χ0v) is 10.4. The van der Waals surface area contributed by atoms with Crippen LogP contribution in [0.2, 0.25) is 0 Å². The van der Waals surface area contributed by atoms with E-state index in [1.807, 2.05) is 42.5 Å². The molecule has 0 saturated carbocycles. The Morgan fingerprint density at radius 2 is 1.95 bits per heavy atom. The van der Waals surface area contributed by atoms with Crippen LogP contribution in [0, 0.1) is 0 Å². The minimum absolute atomic E-state index is 0.0112. The van der Waals surface area contributed by atoms with Crippen LogP contribution in [-0.4, -0.2) is 17.5 Å². The molecule has 0 unspecified atom stereocenters. The predicted molar refractivity (Wildman–Crippen MR) is 71.4 cm³/mol. The Kier molecular flexibility index (Phi) is 3.05. The first kappa shape index (κ1) is 11.9. The summed E-state index contributed by atoms with van der Waals surface area (Å²) in [6.07, 6.45) is 0.544. The van der Waals surface area contributed by atoms with Crippen LogP contribution < -0.4 is 4.74 Å². The second kappa shape index (κ2) is 4.86. The van der Waals surface area contributed by atoms with Gasteiger partial charge in [-0.3, -0.25) is 4.79 Å². The Labute approximate surface area is 111 Å². The lowest BCUT2D eigenvalue weighted by Gasteiger charge is -2.07. The highest BCUT2D eigenvalue weighted by Gasteiger charge is 2.21. The van der Waals surface area contributed by atoms with E-state index >= 15 is 0 Å². The standard InChI is InChI=1S/C16H14O3/c17-8-7-11-5-6-15-14(9-11)16(18)13-4-2-1-3-12(13)10-19-15/h1-6,9,17H,7-8,10H2. The van der Waals surface area contributed by atoms with Gasteiger partial charge in [0.25, 0.3) is 0 Å². The van der Waals surface area contributed by atoms with E-state index in [9.17, 15) is 4.79 Å². The van der Waals surface area contributed by atoms with Gasteiger partial charge in [-0.25, -0.2) is 0 Å². The normalized spacial score (nSPS) is 13.2. The average Bonchev–Trinajstić information content (AvgIpc) is 2.58. The molecule has 2 aromatic carbocycles. The van der Waals surface area contributed by atoms with Crippen LogP contribution >= 0.6 is 0 Å². The highest BCUT2D eigenvalue weighted by molar-refractivity contribution is 6.12. The van der Waals surface area contributed by atoms with E-state index < -0.39 is 0 Å². The summed E-state index contributed by atoms with van der Waals surface area (Å²) in [6, 6.07) is 13.0. The summed E-state index contributed by atoms with van der Waals surface area (Å²) >= 11 is 0. The highest BCUT2D eigenvalue weighted by atomic mass is 16.5. The number of aliphatic hydroxyl groups excluding tert-OH is 1. The number of hydrogen-bond donors (Lipinski definition) is 1. The van der Waals surface area contributed by atoms with E-state index in [1.54, 1.807) is 0 Å². The van der Waals surface area contributed by atoms with E-state index in [1.165, 1.54) is 0 Å². The minimum atomic E-state index is -0.0112. The molecule has 96 valence electrons. The van der Waals surface area contributed by atoms with Crippen molar-refractivity contribution in [3.63, 3.8) is 0 Å². The summed E-state index contributed by atoms with van der Waals surface area (Å²) in [7, 11) is 0. The van der Waals surface area contributed by atoms with Crippen molar-refractivity contribution in [2.24, 2.45) is 0 Å². The van der Waals surface area contributed by atoms with E-state index in [4.69, 9.17) is 9.84 Å². The molecule has 0 aromatic heterocycles. The van der Waals surface area contributed by atoms with Crippen molar-refractivity contribution in [2.75, 3.05) is 6.61 Å². The number of fused-ring (bicyclic) bond motifs is 2. The van der Waals surface area contributed by atoms with E-state index in [-0.39, 0.29) is 12.4 Å². The van der Waals surface area contributed by atoms with Gasteiger partial charge in [-0.15, -0.1) is 0 Å². The number of carbonyl (C=O) groups excluding carboxylic acids is 1. The van der Waals surface area contributed by atoms with Crippen molar-refractivity contribution in [3.8, 4) is 5.75 Å². The summed E-state index contributed by atoms with van der Waals surface area (Å²) in [5, 5.41) is 8.99. The SMILES string of the molecule is O=C1c2ccccc2COc2ccc(CCO)cc21. The molecule has 2 aromatic rings. The number of carbonyl (C=O) groups is 1. The van der Waals surface area contributed by atoms with Gasteiger partial charge in [0.1, 0.15) is 12.4 Å². The van der Waals surface area contributed by atoms with Crippen molar-refractivity contribution in [3.05, 3.63) is 64.7 Å². The number of benzene rings is 2. The molecule has 1 N–H and O–H groups in total. The summed E-state index contributed by atoms with van der Waals surface area (Å²) in [6.45, 7) is 0.485. The quantitative estimate of drug-likeness (QED) is 0.894. The Balaban J connectivity index is 2.10. The van der Waals surface area contributed by atoms with Gasteiger partial charge in [-0.1, -0.05) is 30.3 Å². The molecule has 0 spiro atoms. The van der Waals surface area contributed by atoms with Gasteiger partial charge in [-0.05, 0) is 24.1 Å². The zero-order valence-electron chi connectivity index (χ0n) is 10.4. The van der Waals surface area contributed by atoms with Gasteiger partial charge >= 0.3 is 0 Å². The van der Waals surface area contributed by atoms with E-state index in [0.717, 1.165) is 11.1 Å².